The van der Waals surface area contributed by atoms with Crippen LogP contribution in [-0.2, 0) is 0 Å². The Kier molecular flexibility index (Phi) is 13.2. The van der Waals surface area contributed by atoms with Crippen molar-refractivity contribution in [3.8, 4) is 23.0 Å². The number of hydrogen-bond acceptors (Lipinski definition) is 9. The lowest BCUT2D eigenvalue weighted by molar-refractivity contribution is -0.0719. The summed E-state index contributed by atoms with van der Waals surface area (Å²) in [5.74, 6) is 2.44. The van der Waals surface area contributed by atoms with Crippen LogP contribution in [0, 0.1) is 16.6 Å². The maximum absolute atomic E-state index is 12.9. The van der Waals surface area contributed by atoms with E-state index in [0.29, 0.717) is 28.0 Å². The van der Waals surface area contributed by atoms with Gasteiger partial charge in [0, 0.05) is 27.6 Å². The quantitative estimate of drug-likeness (QED) is 0.111. The average molecular weight is 736 g/mol. The minimum absolute atomic E-state index is 0.242. The van der Waals surface area contributed by atoms with Crippen LogP contribution in [0.15, 0.2) is 98.1 Å². The Hall–Kier alpha value is -3.94. The number of rotatable bonds is 14. The van der Waals surface area contributed by atoms with Crippen molar-refractivity contribution in [1.82, 2.24) is 29.5 Å². The van der Waals surface area contributed by atoms with Gasteiger partial charge < -0.3 is 24.4 Å². The largest absolute Gasteiger partial charge is 0.466 e. The van der Waals surface area contributed by atoms with Crippen molar-refractivity contribution in [2.24, 2.45) is 10.8 Å². The Bertz CT molecular complexity index is 1680. The number of aliphatic hydroxyl groups is 2. The van der Waals surface area contributed by atoms with Gasteiger partial charge >= 0.3 is 0 Å². The summed E-state index contributed by atoms with van der Waals surface area (Å²) >= 11 is 17.8. The first-order valence-electron chi connectivity index (χ1n) is 15.1. The van der Waals surface area contributed by atoms with E-state index in [1.807, 2.05) is 27.7 Å². The fourth-order valence-electron chi connectivity index (χ4n) is 4.17. The molecule has 2 heterocycles. The van der Waals surface area contributed by atoms with Gasteiger partial charge in [-0.2, -0.15) is 10.2 Å². The van der Waals surface area contributed by atoms with Gasteiger partial charge in [-0.15, -0.1) is 23.2 Å². The molecule has 2 N–H and O–H groups in total. The van der Waals surface area contributed by atoms with E-state index in [9.17, 15) is 14.6 Å². The fourth-order valence-corrected chi connectivity index (χ4v) is 4.61. The zero-order valence-electron chi connectivity index (χ0n) is 27.3. The first-order chi connectivity index (χ1) is 23.3. The van der Waals surface area contributed by atoms with Crippen LogP contribution in [0.1, 0.15) is 40.2 Å². The molecule has 0 saturated carbocycles. The summed E-state index contributed by atoms with van der Waals surface area (Å²) in [5.41, 5.74) is -1.19. The van der Waals surface area contributed by atoms with E-state index in [1.165, 1.54) is 58.9 Å². The molecule has 0 saturated heterocycles. The van der Waals surface area contributed by atoms with E-state index < -0.39 is 35.5 Å². The second-order valence-corrected chi connectivity index (χ2v) is 13.4. The van der Waals surface area contributed by atoms with Gasteiger partial charge in [0.2, 0.25) is 12.5 Å². The van der Waals surface area contributed by atoms with Gasteiger partial charge in [-0.3, -0.25) is 0 Å². The molecule has 2 aromatic heterocycles. The fraction of sp³-hybridized carbons (Fsp3) is 0.353. The van der Waals surface area contributed by atoms with Crippen LogP contribution in [0.2, 0.25) is 5.02 Å². The van der Waals surface area contributed by atoms with Crippen LogP contribution in [0.5, 0.6) is 23.0 Å². The number of aliphatic hydroxyl groups excluding tert-OH is 2. The first-order valence-corrected chi connectivity index (χ1v) is 16.6. The molecular formula is C34H38Cl3FN6O5. The maximum Gasteiger partial charge on any atom is 0.219 e. The third-order valence-electron chi connectivity index (χ3n) is 7.43. The lowest BCUT2D eigenvalue weighted by Gasteiger charge is -2.34. The third kappa shape index (κ3) is 10.5. The highest BCUT2D eigenvalue weighted by atomic mass is 35.5. The van der Waals surface area contributed by atoms with Crippen molar-refractivity contribution < 1.29 is 28.8 Å². The van der Waals surface area contributed by atoms with Gasteiger partial charge in [0.1, 0.15) is 66.3 Å². The van der Waals surface area contributed by atoms with Gasteiger partial charge in [0.15, 0.2) is 0 Å². The molecule has 4 unspecified atom stereocenters. The van der Waals surface area contributed by atoms with Crippen LogP contribution in [0.4, 0.5) is 4.39 Å². The van der Waals surface area contributed by atoms with Crippen LogP contribution in [-0.4, -0.2) is 63.7 Å². The second-order valence-electron chi connectivity index (χ2n) is 12.4. The zero-order chi connectivity index (χ0) is 35.6. The molecular weight excluding hydrogens is 698 g/mol. The molecule has 0 radical (unpaired) electrons. The molecule has 5 aromatic rings. The van der Waals surface area contributed by atoms with Crippen LogP contribution >= 0.6 is 34.8 Å². The monoisotopic (exact) mass is 734 g/mol. The molecule has 49 heavy (non-hydrogen) atoms. The number of aromatic nitrogens is 6. The summed E-state index contributed by atoms with van der Waals surface area (Å²) < 4.78 is 33.4. The lowest BCUT2D eigenvalue weighted by atomic mass is 9.87. The molecule has 0 spiro atoms. The number of hydrogen-bond donors (Lipinski definition) is 2. The van der Waals surface area contributed by atoms with Gasteiger partial charge in [-0.25, -0.2) is 23.7 Å². The third-order valence-corrected chi connectivity index (χ3v) is 9.06. The molecule has 4 atom stereocenters. The molecule has 0 amide bonds. The molecule has 0 aliphatic rings. The summed E-state index contributed by atoms with van der Waals surface area (Å²) in [4.78, 5) is 7.80. The van der Waals surface area contributed by atoms with E-state index in [1.54, 1.807) is 48.5 Å². The van der Waals surface area contributed by atoms with Gasteiger partial charge in [-0.05, 0) is 72.8 Å². The predicted molar refractivity (Wildman–Crippen MR) is 185 cm³/mol. The predicted octanol–water partition coefficient (Wildman–Crippen LogP) is 7.55. The minimum atomic E-state index is -0.929. The van der Waals surface area contributed by atoms with Crippen LogP contribution in [0.25, 0.3) is 0 Å². The smallest absolute Gasteiger partial charge is 0.219 e. The number of ether oxygens (including phenoxy) is 3. The highest BCUT2D eigenvalue weighted by Crippen LogP contribution is 2.34. The van der Waals surface area contributed by atoms with E-state index in [4.69, 9.17) is 49.0 Å². The molecule has 5 rings (SSSR count). The normalized spacial score (nSPS) is 14.2. The molecule has 0 fully saturated rings. The summed E-state index contributed by atoms with van der Waals surface area (Å²) in [6.45, 7) is 7.37. The second kappa shape index (κ2) is 17.1. The highest BCUT2D eigenvalue weighted by Gasteiger charge is 2.38. The van der Waals surface area contributed by atoms with Crippen molar-refractivity contribution in [3.63, 3.8) is 0 Å². The van der Waals surface area contributed by atoms with E-state index in [-0.39, 0.29) is 17.6 Å². The summed E-state index contributed by atoms with van der Waals surface area (Å²) in [7, 11) is 0. The molecule has 0 aliphatic carbocycles. The number of nitrogens with zero attached hydrogens (tertiary/aromatic N) is 6. The van der Waals surface area contributed by atoms with Crippen molar-refractivity contribution in [2.45, 2.75) is 52.4 Å². The first kappa shape index (κ1) is 37.9. The number of halogens is 4. The zero-order valence-corrected chi connectivity index (χ0v) is 29.5. The molecule has 262 valence electrons. The van der Waals surface area contributed by atoms with Gasteiger partial charge in [0.05, 0.1) is 0 Å². The topological polar surface area (TPSA) is 130 Å². The summed E-state index contributed by atoms with van der Waals surface area (Å²) in [5, 5.41) is 30.1. The standard InChI is InChI=1S/C20H21Cl2N3O3.C14H17ClFN3O2/c1-20(2,11-21)18(26)19(25-13-23-12-24-25)28-17-9-7-16(8-10-17)27-15-5-3-14(22)4-6-15;1-14(2,7-15)12(20)13(19-9-17-8-18-19)21-11-5-3-10(16)4-6-11/h3-10,12-13,18-19,26H,11H2,1-2H3;3-6,8-9,12-13,20H,7H2,1-2H3. The molecule has 11 nitrogen and oxygen atoms in total. The number of benzene rings is 3. The van der Waals surface area contributed by atoms with Gasteiger partial charge in [-0.1, -0.05) is 39.3 Å². The molecule has 3 aromatic carbocycles. The lowest BCUT2D eigenvalue weighted by Crippen LogP contribution is -2.41. The van der Waals surface area contributed by atoms with Crippen LogP contribution < -0.4 is 14.2 Å². The Morgan fingerprint density at radius 1 is 0.653 bits per heavy atom. The Labute approximate surface area is 299 Å². The van der Waals surface area contributed by atoms with Crippen molar-refractivity contribution in [1.29, 1.82) is 0 Å². The van der Waals surface area contributed by atoms with Crippen molar-refractivity contribution in [3.05, 3.63) is 109 Å². The van der Waals surface area contributed by atoms with Crippen molar-refractivity contribution >= 4 is 34.8 Å². The summed E-state index contributed by atoms with van der Waals surface area (Å²) in [6, 6.07) is 19.7. The molecule has 0 bridgehead atoms. The van der Waals surface area contributed by atoms with E-state index in [0.717, 1.165) is 0 Å². The van der Waals surface area contributed by atoms with Gasteiger partial charge in [0.25, 0.3) is 0 Å². The average Bonchev–Trinajstić information content (AvgIpc) is 3.84. The SMILES string of the molecule is CC(C)(CCl)C(O)C(Oc1ccc(F)cc1)n1cncn1.CC(C)(CCl)C(O)C(Oc1ccc(Oc2ccc(Cl)cc2)cc1)n1cncn1. The highest BCUT2D eigenvalue weighted by molar-refractivity contribution is 6.30. The van der Waals surface area contributed by atoms with E-state index >= 15 is 0 Å². The van der Waals surface area contributed by atoms with Crippen LogP contribution in [0.3, 0.4) is 0 Å². The van der Waals surface area contributed by atoms with E-state index in [2.05, 4.69) is 20.2 Å². The number of alkyl halides is 2. The molecule has 15 heteroatoms. The van der Waals surface area contributed by atoms with Crippen molar-refractivity contribution in [2.75, 3.05) is 11.8 Å². The maximum atomic E-state index is 12.9. The Morgan fingerprint density at radius 2 is 1.02 bits per heavy atom. The molecule has 0 aliphatic heterocycles. The summed E-state index contributed by atoms with van der Waals surface area (Å²) in [6.07, 6.45) is 2.25. The Balaban J connectivity index is 0.000000230. The Morgan fingerprint density at radius 3 is 1.39 bits per heavy atom. The minimum Gasteiger partial charge on any atom is -0.466 e.